The molecule has 0 saturated heterocycles. The van der Waals surface area contributed by atoms with Crippen molar-refractivity contribution in [1.29, 1.82) is 0 Å². The number of amides is 1. The van der Waals surface area contributed by atoms with E-state index in [0.29, 0.717) is 19.3 Å². The van der Waals surface area contributed by atoms with Crippen LogP contribution in [0.1, 0.15) is 37.8 Å². The van der Waals surface area contributed by atoms with E-state index >= 15 is 0 Å². The number of rotatable bonds is 6. The lowest BCUT2D eigenvalue weighted by atomic mass is 10.1. The molecule has 1 rings (SSSR count). The smallest absolute Gasteiger partial charge is 0.220 e. The number of carbonyl (C=O) groups excluding carboxylic acids is 1. The fourth-order valence-electron chi connectivity index (χ4n) is 1.57. The third kappa shape index (κ3) is 4.95. The number of aliphatic hydroxyl groups excluding tert-OH is 1. The van der Waals surface area contributed by atoms with Crippen LogP contribution in [0.25, 0.3) is 0 Å². The zero-order chi connectivity index (χ0) is 12.7. The Hall–Kier alpha value is -1.42. The number of unbranched alkanes of at least 4 members (excludes halogenated alkanes) is 1. The third-order valence-electron chi connectivity index (χ3n) is 2.54. The van der Waals surface area contributed by atoms with Gasteiger partial charge in [-0.3, -0.25) is 4.79 Å². The van der Waals surface area contributed by atoms with Crippen LogP contribution in [0.3, 0.4) is 0 Å². The molecule has 4 heteroatoms. The summed E-state index contributed by atoms with van der Waals surface area (Å²) in [5.74, 6) is -0.376. The molecule has 17 heavy (non-hydrogen) atoms. The predicted octanol–water partition coefficient (Wildman–Crippen LogP) is 2.17. The van der Waals surface area contributed by atoms with Gasteiger partial charge < -0.3 is 10.4 Å². The molecule has 0 radical (unpaired) electrons. The number of hydrogen-bond acceptors (Lipinski definition) is 2. The van der Waals surface area contributed by atoms with Gasteiger partial charge in [0, 0.05) is 13.0 Å². The minimum absolute atomic E-state index is 0.0739. The van der Waals surface area contributed by atoms with Crippen LogP contribution in [-0.2, 0) is 4.79 Å². The molecule has 1 aromatic rings. The molecule has 0 spiro atoms. The van der Waals surface area contributed by atoms with Crippen LogP contribution in [0.5, 0.6) is 0 Å². The van der Waals surface area contributed by atoms with E-state index < -0.39 is 0 Å². The molecule has 0 aliphatic heterocycles. The maximum Gasteiger partial charge on any atom is 0.220 e. The molecule has 1 unspecified atom stereocenters. The molecule has 0 aromatic heterocycles. The lowest BCUT2D eigenvalue weighted by Crippen LogP contribution is -2.26. The van der Waals surface area contributed by atoms with E-state index in [1.807, 2.05) is 6.92 Å². The van der Waals surface area contributed by atoms with Gasteiger partial charge in [0.25, 0.3) is 0 Å². The van der Waals surface area contributed by atoms with Crippen molar-refractivity contribution in [2.75, 3.05) is 6.61 Å². The molecule has 0 saturated carbocycles. The van der Waals surface area contributed by atoms with Gasteiger partial charge in [-0.2, -0.15) is 0 Å². The summed E-state index contributed by atoms with van der Waals surface area (Å²) in [6.07, 6.45) is 1.68. The van der Waals surface area contributed by atoms with Gasteiger partial charge in [-0.1, -0.05) is 12.1 Å². The number of halogens is 1. The molecule has 1 aromatic carbocycles. The van der Waals surface area contributed by atoms with Crippen molar-refractivity contribution in [3.8, 4) is 0 Å². The standard InChI is InChI=1S/C13H18FNO2/c1-10(11-5-4-6-12(14)9-11)15-13(17)7-2-3-8-16/h4-6,9-10,16H,2-3,7-8H2,1H3,(H,15,17). The van der Waals surface area contributed by atoms with Crippen LogP contribution >= 0.6 is 0 Å². The second-order valence-corrected chi connectivity index (χ2v) is 4.02. The first-order valence-corrected chi connectivity index (χ1v) is 5.79. The first-order chi connectivity index (χ1) is 8.13. The molecule has 0 aliphatic carbocycles. The molecule has 1 atom stereocenters. The minimum Gasteiger partial charge on any atom is -0.396 e. The van der Waals surface area contributed by atoms with Crippen LogP contribution in [0.4, 0.5) is 4.39 Å². The number of nitrogens with one attached hydrogen (secondary N) is 1. The van der Waals surface area contributed by atoms with Gasteiger partial charge in [0.05, 0.1) is 6.04 Å². The number of aliphatic hydroxyl groups is 1. The Balaban J connectivity index is 2.43. The van der Waals surface area contributed by atoms with Crippen LogP contribution in [0, 0.1) is 5.82 Å². The Labute approximate surface area is 101 Å². The van der Waals surface area contributed by atoms with Crippen LogP contribution < -0.4 is 5.32 Å². The van der Waals surface area contributed by atoms with Gasteiger partial charge in [-0.15, -0.1) is 0 Å². The zero-order valence-electron chi connectivity index (χ0n) is 9.95. The highest BCUT2D eigenvalue weighted by molar-refractivity contribution is 5.76. The average Bonchev–Trinajstić information content (AvgIpc) is 2.29. The number of benzene rings is 1. The fraction of sp³-hybridized carbons (Fsp3) is 0.462. The lowest BCUT2D eigenvalue weighted by molar-refractivity contribution is -0.121. The second-order valence-electron chi connectivity index (χ2n) is 4.02. The van der Waals surface area contributed by atoms with Crippen molar-refractivity contribution in [2.24, 2.45) is 0 Å². The van der Waals surface area contributed by atoms with E-state index in [2.05, 4.69) is 5.32 Å². The first kappa shape index (κ1) is 13.6. The van der Waals surface area contributed by atoms with Crippen molar-refractivity contribution in [3.63, 3.8) is 0 Å². The Morgan fingerprint density at radius 2 is 2.24 bits per heavy atom. The van der Waals surface area contributed by atoms with Gasteiger partial charge in [0.2, 0.25) is 5.91 Å². The van der Waals surface area contributed by atoms with Crippen molar-refractivity contribution >= 4 is 5.91 Å². The van der Waals surface area contributed by atoms with E-state index in [0.717, 1.165) is 5.56 Å². The summed E-state index contributed by atoms with van der Waals surface area (Å²) < 4.78 is 13.0. The van der Waals surface area contributed by atoms with Gasteiger partial charge in [-0.25, -0.2) is 4.39 Å². The Morgan fingerprint density at radius 1 is 1.47 bits per heavy atom. The summed E-state index contributed by atoms with van der Waals surface area (Å²) in [5.41, 5.74) is 0.750. The van der Waals surface area contributed by atoms with E-state index in [4.69, 9.17) is 5.11 Å². The Kier molecular flexibility index (Phi) is 5.63. The fourth-order valence-corrected chi connectivity index (χ4v) is 1.57. The molecule has 0 fully saturated rings. The van der Waals surface area contributed by atoms with Crippen molar-refractivity contribution in [1.82, 2.24) is 5.32 Å². The monoisotopic (exact) mass is 239 g/mol. The number of hydrogen-bond donors (Lipinski definition) is 2. The summed E-state index contributed by atoms with van der Waals surface area (Å²) in [4.78, 5) is 11.5. The molecule has 1 amide bonds. The van der Waals surface area contributed by atoms with E-state index in [9.17, 15) is 9.18 Å². The molecular formula is C13H18FNO2. The van der Waals surface area contributed by atoms with Crippen LogP contribution in [0.2, 0.25) is 0 Å². The molecule has 0 bridgehead atoms. The second kappa shape index (κ2) is 7.01. The molecule has 0 aliphatic rings. The quantitative estimate of drug-likeness (QED) is 0.747. The highest BCUT2D eigenvalue weighted by Crippen LogP contribution is 2.13. The van der Waals surface area contributed by atoms with Gasteiger partial charge >= 0.3 is 0 Å². The normalized spacial score (nSPS) is 12.2. The lowest BCUT2D eigenvalue weighted by Gasteiger charge is -2.14. The van der Waals surface area contributed by atoms with E-state index in [-0.39, 0.29) is 24.4 Å². The highest BCUT2D eigenvalue weighted by Gasteiger charge is 2.09. The molecule has 94 valence electrons. The van der Waals surface area contributed by atoms with E-state index in [1.54, 1.807) is 12.1 Å². The molecular weight excluding hydrogens is 221 g/mol. The average molecular weight is 239 g/mol. The van der Waals surface area contributed by atoms with Gasteiger partial charge in [0.15, 0.2) is 0 Å². The number of carbonyl (C=O) groups is 1. The molecule has 2 N–H and O–H groups in total. The van der Waals surface area contributed by atoms with Crippen LogP contribution in [0.15, 0.2) is 24.3 Å². The first-order valence-electron chi connectivity index (χ1n) is 5.79. The predicted molar refractivity (Wildman–Crippen MR) is 63.9 cm³/mol. The summed E-state index contributed by atoms with van der Waals surface area (Å²) in [7, 11) is 0. The largest absolute Gasteiger partial charge is 0.396 e. The molecule has 3 nitrogen and oxygen atoms in total. The topological polar surface area (TPSA) is 49.3 Å². The Bertz CT molecular complexity index is 368. The summed E-state index contributed by atoms with van der Waals surface area (Å²) >= 11 is 0. The van der Waals surface area contributed by atoms with Gasteiger partial charge in [0.1, 0.15) is 5.82 Å². The highest BCUT2D eigenvalue weighted by atomic mass is 19.1. The summed E-state index contributed by atoms with van der Waals surface area (Å²) in [6.45, 7) is 1.92. The van der Waals surface area contributed by atoms with Gasteiger partial charge in [-0.05, 0) is 37.5 Å². The summed E-state index contributed by atoms with van der Waals surface area (Å²) in [6, 6.07) is 5.99. The maximum atomic E-state index is 13.0. The summed E-state index contributed by atoms with van der Waals surface area (Å²) in [5, 5.41) is 11.4. The zero-order valence-corrected chi connectivity index (χ0v) is 9.95. The minimum atomic E-state index is -0.302. The van der Waals surface area contributed by atoms with Crippen molar-refractivity contribution < 1.29 is 14.3 Å². The maximum absolute atomic E-state index is 13.0. The van der Waals surface area contributed by atoms with Crippen molar-refractivity contribution in [2.45, 2.75) is 32.2 Å². The Morgan fingerprint density at radius 3 is 2.88 bits per heavy atom. The van der Waals surface area contributed by atoms with E-state index in [1.165, 1.54) is 12.1 Å². The van der Waals surface area contributed by atoms with Crippen LogP contribution in [-0.4, -0.2) is 17.6 Å². The third-order valence-corrected chi connectivity index (χ3v) is 2.54. The SMILES string of the molecule is CC(NC(=O)CCCCO)c1cccc(F)c1. The van der Waals surface area contributed by atoms with Crippen molar-refractivity contribution in [3.05, 3.63) is 35.6 Å². The molecule has 0 heterocycles.